The minimum atomic E-state index is -4.63. The summed E-state index contributed by atoms with van der Waals surface area (Å²) in [5.41, 5.74) is -0.938. The van der Waals surface area contributed by atoms with E-state index in [1.807, 2.05) is 20.8 Å². The van der Waals surface area contributed by atoms with E-state index in [1.165, 1.54) is 12.0 Å². The maximum Gasteiger partial charge on any atom is 0.417 e. The smallest absolute Gasteiger partial charge is 0.417 e. The van der Waals surface area contributed by atoms with Crippen LogP contribution in [0.2, 0.25) is 0 Å². The number of ether oxygens (including phenoxy) is 2. The number of carboxylic acids is 1. The van der Waals surface area contributed by atoms with Gasteiger partial charge in [-0.15, -0.1) is 0 Å². The third-order valence-corrected chi connectivity index (χ3v) is 7.00. The molecular formula is C28H38F3N5O5. The average Bonchev–Trinajstić information content (AvgIpc) is 3.22. The van der Waals surface area contributed by atoms with Gasteiger partial charge < -0.3 is 24.8 Å². The fraction of sp³-hybridized carbons (Fsp3) is 0.571. The molecule has 3 rings (SSSR count). The third kappa shape index (κ3) is 6.83. The van der Waals surface area contributed by atoms with Crippen molar-refractivity contribution in [2.24, 2.45) is 11.3 Å². The lowest BCUT2D eigenvalue weighted by Crippen LogP contribution is -2.48. The van der Waals surface area contributed by atoms with E-state index < -0.39 is 59.4 Å². The molecule has 1 fully saturated rings. The number of aliphatic carboxylic acids is 1. The number of nitrogens with zero attached hydrogens (tertiary/aromatic N) is 4. The predicted molar refractivity (Wildman–Crippen MR) is 146 cm³/mol. The second-order valence-corrected chi connectivity index (χ2v) is 11.6. The molecule has 0 radical (unpaired) electrons. The lowest BCUT2D eigenvalue weighted by atomic mass is 9.72. The highest BCUT2D eigenvalue weighted by atomic mass is 19.4. The van der Waals surface area contributed by atoms with Crippen LogP contribution in [0.4, 0.5) is 23.8 Å². The van der Waals surface area contributed by atoms with Crippen LogP contribution in [0.5, 0.6) is 5.88 Å². The summed E-state index contributed by atoms with van der Waals surface area (Å²) < 4.78 is 51.3. The lowest BCUT2D eigenvalue weighted by molar-refractivity contribution is -0.145. The number of amides is 1. The summed E-state index contributed by atoms with van der Waals surface area (Å²) in [6, 6.07) is 1.42. The first-order chi connectivity index (χ1) is 19.0. The van der Waals surface area contributed by atoms with Crippen molar-refractivity contribution in [1.29, 1.82) is 0 Å². The van der Waals surface area contributed by atoms with Crippen LogP contribution in [0.15, 0.2) is 30.6 Å². The van der Waals surface area contributed by atoms with Crippen molar-refractivity contribution >= 4 is 17.9 Å². The number of rotatable bonds is 8. The molecule has 2 aromatic rings. The highest BCUT2D eigenvalue weighted by molar-refractivity contribution is 5.82. The summed E-state index contributed by atoms with van der Waals surface area (Å²) in [6.45, 7) is 8.76. The van der Waals surface area contributed by atoms with Crippen molar-refractivity contribution in [3.05, 3.63) is 47.3 Å². The quantitative estimate of drug-likeness (QED) is 0.456. The Kier molecular flexibility index (Phi) is 9.41. The number of anilines is 1. The Labute approximate surface area is 237 Å². The van der Waals surface area contributed by atoms with Crippen LogP contribution >= 0.6 is 0 Å². The summed E-state index contributed by atoms with van der Waals surface area (Å²) in [5.74, 6) is -1.43. The van der Waals surface area contributed by atoms with Gasteiger partial charge in [0, 0.05) is 56.1 Å². The molecule has 10 nitrogen and oxygen atoms in total. The van der Waals surface area contributed by atoms with E-state index in [1.54, 1.807) is 51.2 Å². The summed E-state index contributed by atoms with van der Waals surface area (Å²) >= 11 is 0. The number of nitrogens with one attached hydrogen (secondary N) is 1. The van der Waals surface area contributed by atoms with Gasteiger partial charge >= 0.3 is 18.2 Å². The number of pyridine rings is 2. The molecule has 0 aromatic carbocycles. The number of likely N-dealkylation sites (tertiary alicyclic amines) is 1. The number of methoxy groups -OCH3 is 1. The van der Waals surface area contributed by atoms with Gasteiger partial charge in [0.1, 0.15) is 11.9 Å². The second-order valence-electron chi connectivity index (χ2n) is 11.6. The van der Waals surface area contributed by atoms with Crippen LogP contribution in [-0.2, 0) is 22.3 Å². The summed E-state index contributed by atoms with van der Waals surface area (Å²) in [4.78, 5) is 37.8. The highest BCUT2D eigenvalue weighted by Gasteiger charge is 2.59. The molecule has 1 aliphatic rings. The highest BCUT2D eigenvalue weighted by Crippen LogP contribution is 2.50. The monoisotopic (exact) mass is 581 g/mol. The first-order valence-corrected chi connectivity index (χ1v) is 13.2. The van der Waals surface area contributed by atoms with Gasteiger partial charge in [0.25, 0.3) is 0 Å². The van der Waals surface area contributed by atoms with Gasteiger partial charge in [-0.25, -0.2) is 19.6 Å². The molecule has 0 bridgehead atoms. The number of carbonyl (C=O) groups excluding carboxylic acids is 1. The minimum absolute atomic E-state index is 0.00595. The van der Waals surface area contributed by atoms with E-state index >= 15 is 0 Å². The Bertz CT molecular complexity index is 1250. The molecular weight excluding hydrogens is 543 g/mol. The molecule has 2 N–H and O–H groups in total. The number of aromatic nitrogens is 2. The van der Waals surface area contributed by atoms with Crippen molar-refractivity contribution in [3.63, 3.8) is 0 Å². The molecule has 226 valence electrons. The summed E-state index contributed by atoms with van der Waals surface area (Å²) in [5, 5.41) is 13.8. The van der Waals surface area contributed by atoms with Crippen molar-refractivity contribution in [2.75, 3.05) is 26.1 Å². The minimum Gasteiger partial charge on any atom is -0.481 e. The zero-order chi connectivity index (χ0) is 30.9. The van der Waals surface area contributed by atoms with E-state index in [4.69, 9.17) is 9.47 Å². The Hall–Kier alpha value is -3.61. The molecule has 1 aliphatic heterocycles. The number of alkyl halides is 3. The second kappa shape index (κ2) is 12.1. The molecule has 1 amide bonds. The zero-order valence-corrected chi connectivity index (χ0v) is 24.5. The fourth-order valence-corrected chi connectivity index (χ4v) is 5.47. The SMILES string of the molecule is COc1ncc(C(F)(F)F)cc1CN[C@H]1[C@H](C(C)(C)C)[C@@H](C(=O)O)N(C(=O)OC(C)C)[C@H]1c1cccnc1N(C)C. The van der Waals surface area contributed by atoms with Gasteiger partial charge in [0.15, 0.2) is 0 Å². The first-order valence-electron chi connectivity index (χ1n) is 13.2. The topological polar surface area (TPSA) is 117 Å². The zero-order valence-electron chi connectivity index (χ0n) is 24.5. The van der Waals surface area contributed by atoms with Crippen LogP contribution in [0.1, 0.15) is 57.4 Å². The van der Waals surface area contributed by atoms with Crippen molar-refractivity contribution in [1.82, 2.24) is 20.2 Å². The number of carboxylic acid groups (broad SMARTS) is 1. The molecule has 4 atom stereocenters. The normalized spacial score (nSPS) is 21.2. The molecule has 3 heterocycles. The van der Waals surface area contributed by atoms with Crippen LogP contribution in [0.25, 0.3) is 0 Å². The summed E-state index contributed by atoms with van der Waals surface area (Å²) in [7, 11) is 4.85. The summed E-state index contributed by atoms with van der Waals surface area (Å²) in [6.07, 6.45) is -3.69. The Morgan fingerprint density at radius 2 is 1.85 bits per heavy atom. The van der Waals surface area contributed by atoms with E-state index in [0.717, 1.165) is 6.07 Å². The van der Waals surface area contributed by atoms with E-state index in [9.17, 15) is 27.9 Å². The van der Waals surface area contributed by atoms with E-state index in [0.29, 0.717) is 17.6 Å². The van der Waals surface area contributed by atoms with E-state index in [2.05, 4.69) is 15.3 Å². The van der Waals surface area contributed by atoms with Gasteiger partial charge in [0.05, 0.1) is 24.8 Å². The van der Waals surface area contributed by atoms with Crippen LogP contribution in [0, 0.1) is 11.3 Å². The van der Waals surface area contributed by atoms with Gasteiger partial charge in [-0.1, -0.05) is 26.8 Å². The molecule has 13 heteroatoms. The fourth-order valence-electron chi connectivity index (χ4n) is 5.47. The Morgan fingerprint density at radius 1 is 1.20 bits per heavy atom. The molecule has 41 heavy (non-hydrogen) atoms. The van der Waals surface area contributed by atoms with Crippen LogP contribution in [-0.4, -0.2) is 71.4 Å². The van der Waals surface area contributed by atoms with Crippen LogP contribution < -0.4 is 15.0 Å². The van der Waals surface area contributed by atoms with Gasteiger partial charge in [-0.2, -0.15) is 13.2 Å². The lowest BCUT2D eigenvalue weighted by Gasteiger charge is -2.35. The predicted octanol–water partition coefficient (Wildman–Crippen LogP) is 4.75. The van der Waals surface area contributed by atoms with Gasteiger partial charge in [0.2, 0.25) is 5.88 Å². The largest absolute Gasteiger partial charge is 0.481 e. The third-order valence-electron chi connectivity index (χ3n) is 7.00. The Morgan fingerprint density at radius 3 is 2.37 bits per heavy atom. The van der Waals surface area contributed by atoms with E-state index in [-0.39, 0.29) is 18.0 Å². The maximum atomic E-state index is 13.6. The average molecular weight is 582 g/mol. The molecule has 0 spiro atoms. The number of halogens is 3. The number of hydrogen-bond acceptors (Lipinski definition) is 8. The van der Waals surface area contributed by atoms with Crippen molar-refractivity contribution < 1.29 is 37.3 Å². The molecule has 0 unspecified atom stereocenters. The Balaban J connectivity index is 2.24. The maximum absolute atomic E-state index is 13.6. The number of hydrogen-bond donors (Lipinski definition) is 2. The molecule has 2 aromatic heterocycles. The van der Waals surface area contributed by atoms with Gasteiger partial charge in [-0.3, -0.25) is 4.90 Å². The van der Waals surface area contributed by atoms with Crippen LogP contribution in [0.3, 0.4) is 0 Å². The molecule has 0 aliphatic carbocycles. The van der Waals surface area contributed by atoms with Crippen molar-refractivity contribution in [2.45, 2.75) is 71.6 Å². The van der Waals surface area contributed by atoms with Crippen molar-refractivity contribution in [3.8, 4) is 5.88 Å². The first kappa shape index (κ1) is 31.9. The molecule has 0 saturated carbocycles. The van der Waals surface area contributed by atoms with Gasteiger partial charge in [-0.05, 0) is 31.4 Å². The molecule has 1 saturated heterocycles. The standard InChI is InChI=1S/C28H38F3N5O5/c1-15(2)41-26(39)36-21(18-10-9-11-32-23(18)35(6)7)20(19(27(3,4)5)22(36)25(37)38)33-13-16-12-17(28(29,30)31)14-34-24(16)40-8/h9-12,14-15,19-22,33H,13H2,1-8H3,(H,37,38)/t19-,20-,21-,22-/m0/s1. The number of carbonyl (C=O) groups is 2.